The zero-order chi connectivity index (χ0) is 15.6. The number of rotatable bonds is 5. The van der Waals surface area contributed by atoms with Crippen LogP contribution in [0.1, 0.15) is 19.4 Å². The molecule has 8 heteroatoms. The average molecular weight is 312 g/mol. The van der Waals surface area contributed by atoms with Gasteiger partial charge in [0.1, 0.15) is 0 Å². The molecule has 0 N–H and O–H groups in total. The first kappa shape index (κ1) is 16.6. The number of ether oxygens (including phenoxy) is 1. The fourth-order valence-electron chi connectivity index (χ4n) is 1.54. The van der Waals surface area contributed by atoms with Crippen molar-refractivity contribution in [1.82, 2.24) is 0 Å². The van der Waals surface area contributed by atoms with E-state index in [2.05, 4.69) is 4.18 Å². The molecule has 0 aromatic heterocycles. The normalized spacial score (nSPS) is 12.6. The Kier molecular flexibility index (Phi) is 4.90. The average Bonchev–Trinajstić information content (AvgIpc) is 2.28. The van der Waals surface area contributed by atoms with Crippen LogP contribution in [0.25, 0.3) is 0 Å². The minimum atomic E-state index is -5.70. The van der Waals surface area contributed by atoms with E-state index in [1.807, 2.05) is 13.8 Å². The minimum absolute atomic E-state index is 0.0593. The Morgan fingerprint density at radius 2 is 1.80 bits per heavy atom. The summed E-state index contributed by atoms with van der Waals surface area (Å²) in [6.07, 6.45) is 0.683. The highest BCUT2D eigenvalue weighted by Gasteiger charge is 2.48. The van der Waals surface area contributed by atoms with Crippen LogP contribution in [-0.2, 0) is 16.5 Å². The lowest BCUT2D eigenvalue weighted by Crippen LogP contribution is -2.28. The summed E-state index contributed by atoms with van der Waals surface area (Å²) in [7, 11) is -4.48. The number of hydrogen-bond donors (Lipinski definition) is 0. The minimum Gasteiger partial charge on any atom is -0.493 e. The molecule has 0 bridgehead atoms. The van der Waals surface area contributed by atoms with Gasteiger partial charge in [-0.3, -0.25) is 0 Å². The first-order valence-electron chi connectivity index (χ1n) is 5.74. The molecule has 0 aliphatic carbocycles. The Morgan fingerprint density at radius 1 is 1.20 bits per heavy atom. The standard InChI is InChI=1S/C12H15F3O4S/c1-8(2)6-9-4-5-10(11(7-9)18-3)19-20(16,17)12(13,14)15/h4-5,7-8H,6H2,1-3H3. The molecule has 0 amide bonds. The van der Waals surface area contributed by atoms with Crippen LogP contribution in [0.5, 0.6) is 11.5 Å². The number of methoxy groups -OCH3 is 1. The molecule has 114 valence electrons. The van der Waals surface area contributed by atoms with Crippen molar-refractivity contribution in [1.29, 1.82) is 0 Å². The van der Waals surface area contributed by atoms with Gasteiger partial charge >= 0.3 is 15.6 Å². The molecule has 4 nitrogen and oxygen atoms in total. The number of hydrogen-bond acceptors (Lipinski definition) is 4. The lowest BCUT2D eigenvalue weighted by Gasteiger charge is -2.14. The summed E-state index contributed by atoms with van der Waals surface area (Å²) in [5.74, 6) is -0.210. The van der Waals surface area contributed by atoms with Gasteiger partial charge in [0.05, 0.1) is 7.11 Å². The smallest absolute Gasteiger partial charge is 0.493 e. The molecule has 0 atom stereocenters. The summed E-state index contributed by atoms with van der Waals surface area (Å²) in [5.41, 5.74) is -4.66. The van der Waals surface area contributed by atoms with Gasteiger partial charge in [0.15, 0.2) is 11.5 Å². The fraction of sp³-hybridized carbons (Fsp3) is 0.500. The van der Waals surface area contributed by atoms with Gasteiger partial charge in [0.2, 0.25) is 0 Å². The molecular formula is C12H15F3O4S. The second-order valence-corrected chi connectivity index (χ2v) is 6.10. The van der Waals surface area contributed by atoms with Gasteiger partial charge in [-0.1, -0.05) is 19.9 Å². The molecule has 1 rings (SSSR count). The summed E-state index contributed by atoms with van der Waals surface area (Å²) in [6.45, 7) is 3.95. The second kappa shape index (κ2) is 5.90. The van der Waals surface area contributed by atoms with E-state index in [0.29, 0.717) is 12.3 Å². The van der Waals surface area contributed by atoms with Crippen molar-refractivity contribution in [3.05, 3.63) is 23.8 Å². The summed E-state index contributed by atoms with van der Waals surface area (Å²) < 4.78 is 67.6. The summed E-state index contributed by atoms with van der Waals surface area (Å²) in [4.78, 5) is 0. The van der Waals surface area contributed by atoms with Gasteiger partial charge in [-0.05, 0) is 30.0 Å². The molecule has 0 spiro atoms. The number of benzene rings is 1. The van der Waals surface area contributed by atoms with Gasteiger partial charge in [0.25, 0.3) is 0 Å². The van der Waals surface area contributed by atoms with Gasteiger partial charge in [0, 0.05) is 0 Å². The first-order valence-corrected chi connectivity index (χ1v) is 7.15. The lowest BCUT2D eigenvalue weighted by molar-refractivity contribution is -0.0500. The van der Waals surface area contributed by atoms with E-state index in [9.17, 15) is 21.6 Å². The van der Waals surface area contributed by atoms with Crippen LogP contribution in [-0.4, -0.2) is 21.0 Å². The van der Waals surface area contributed by atoms with Crippen molar-refractivity contribution >= 4 is 10.1 Å². The largest absolute Gasteiger partial charge is 0.534 e. The van der Waals surface area contributed by atoms with Crippen molar-refractivity contribution in [2.45, 2.75) is 25.8 Å². The van der Waals surface area contributed by atoms with Crippen LogP contribution in [0.4, 0.5) is 13.2 Å². The third-order valence-corrected chi connectivity index (χ3v) is 3.32. The van der Waals surface area contributed by atoms with Crippen LogP contribution in [0.15, 0.2) is 18.2 Å². The molecule has 0 saturated heterocycles. The van der Waals surface area contributed by atoms with Gasteiger partial charge in [-0.15, -0.1) is 0 Å². The van der Waals surface area contributed by atoms with Crippen molar-refractivity contribution in [3.8, 4) is 11.5 Å². The maximum Gasteiger partial charge on any atom is 0.534 e. The highest BCUT2D eigenvalue weighted by molar-refractivity contribution is 7.88. The Morgan fingerprint density at radius 3 is 2.25 bits per heavy atom. The van der Waals surface area contributed by atoms with Gasteiger partial charge in [-0.25, -0.2) is 0 Å². The van der Waals surface area contributed by atoms with E-state index in [0.717, 1.165) is 11.6 Å². The van der Waals surface area contributed by atoms with Gasteiger partial charge < -0.3 is 8.92 Å². The Hall–Kier alpha value is -1.44. The predicted molar refractivity (Wildman–Crippen MR) is 67.1 cm³/mol. The maximum absolute atomic E-state index is 12.3. The summed E-state index contributed by atoms with van der Waals surface area (Å²) in [6, 6.07) is 4.12. The Bertz CT molecular complexity index is 565. The molecule has 1 aromatic rings. The van der Waals surface area contributed by atoms with E-state index in [1.54, 1.807) is 0 Å². The van der Waals surface area contributed by atoms with Crippen molar-refractivity contribution in [3.63, 3.8) is 0 Å². The maximum atomic E-state index is 12.3. The molecule has 0 saturated carbocycles. The fourth-order valence-corrected chi connectivity index (χ4v) is 2.01. The topological polar surface area (TPSA) is 52.6 Å². The second-order valence-electron chi connectivity index (χ2n) is 4.57. The molecule has 0 unspecified atom stereocenters. The van der Waals surface area contributed by atoms with Crippen LogP contribution in [0.3, 0.4) is 0 Å². The van der Waals surface area contributed by atoms with E-state index < -0.39 is 21.4 Å². The lowest BCUT2D eigenvalue weighted by atomic mass is 10.0. The quantitative estimate of drug-likeness (QED) is 0.619. The molecule has 0 fully saturated rings. The zero-order valence-electron chi connectivity index (χ0n) is 11.2. The van der Waals surface area contributed by atoms with E-state index in [1.165, 1.54) is 19.2 Å². The van der Waals surface area contributed by atoms with Crippen molar-refractivity contribution in [2.75, 3.05) is 7.11 Å². The molecule has 0 aliphatic heterocycles. The first-order chi connectivity index (χ1) is 9.06. The van der Waals surface area contributed by atoms with E-state index >= 15 is 0 Å². The Labute approximate surface area is 115 Å². The SMILES string of the molecule is COc1cc(CC(C)C)ccc1OS(=O)(=O)C(F)(F)F. The molecule has 0 aliphatic rings. The van der Waals surface area contributed by atoms with Crippen LogP contribution < -0.4 is 8.92 Å². The van der Waals surface area contributed by atoms with E-state index in [4.69, 9.17) is 4.74 Å². The number of halogens is 3. The van der Waals surface area contributed by atoms with E-state index in [-0.39, 0.29) is 5.75 Å². The predicted octanol–water partition coefficient (Wildman–Crippen LogP) is 3.12. The number of alkyl halides is 3. The molecule has 0 heterocycles. The monoisotopic (exact) mass is 312 g/mol. The van der Waals surface area contributed by atoms with Crippen LogP contribution in [0.2, 0.25) is 0 Å². The summed E-state index contributed by atoms with van der Waals surface area (Å²) in [5, 5.41) is 0. The van der Waals surface area contributed by atoms with Gasteiger partial charge in [-0.2, -0.15) is 21.6 Å². The molecular weight excluding hydrogens is 297 g/mol. The molecule has 0 radical (unpaired) electrons. The molecule has 20 heavy (non-hydrogen) atoms. The summed E-state index contributed by atoms with van der Waals surface area (Å²) >= 11 is 0. The third-order valence-electron chi connectivity index (χ3n) is 2.35. The van der Waals surface area contributed by atoms with Crippen LogP contribution >= 0.6 is 0 Å². The van der Waals surface area contributed by atoms with Crippen molar-refractivity contribution in [2.24, 2.45) is 5.92 Å². The Balaban J connectivity index is 3.09. The van der Waals surface area contributed by atoms with Crippen molar-refractivity contribution < 1.29 is 30.5 Å². The molecule has 1 aromatic carbocycles. The highest BCUT2D eigenvalue weighted by atomic mass is 32.2. The highest BCUT2D eigenvalue weighted by Crippen LogP contribution is 2.33. The van der Waals surface area contributed by atoms with Crippen LogP contribution in [0, 0.1) is 5.92 Å². The zero-order valence-corrected chi connectivity index (χ0v) is 12.0. The third kappa shape index (κ3) is 4.03.